The summed E-state index contributed by atoms with van der Waals surface area (Å²) in [6.07, 6.45) is 1.59. The van der Waals surface area contributed by atoms with Gasteiger partial charge in [-0.3, -0.25) is 4.57 Å². The second kappa shape index (κ2) is 9.46. The number of ether oxygens (including phenoxy) is 1. The molecule has 0 bridgehead atoms. The van der Waals surface area contributed by atoms with Crippen LogP contribution < -0.4 is 15.5 Å². The van der Waals surface area contributed by atoms with Gasteiger partial charge in [0.25, 0.3) is 0 Å². The number of aromatic nitrogens is 4. The van der Waals surface area contributed by atoms with Crippen molar-refractivity contribution in [1.29, 1.82) is 0 Å². The molecular formula is C25H29N7O. The van der Waals surface area contributed by atoms with Crippen LogP contribution in [-0.2, 0) is 11.3 Å². The van der Waals surface area contributed by atoms with Gasteiger partial charge in [-0.15, -0.1) is 0 Å². The first kappa shape index (κ1) is 21.2. The molecule has 2 aromatic carbocycles. The second-order valence-electron chi connectivity index (χ2n) is 8.40. The van der Waals surface area contributed by atoms with E-state index in [4.69, 9.17) is 9.72 Å². The van der Waals surface area contributed by atoms with E-state index in [0.29, 0.717) is 6.54 Å². The van der Waals surface area contributed by atoms with Crippen molar-refractivity contribution < 1.29 is 4.74 Å². The Morgan fingerprint density at radius 3 is 2.45 bits per heavy atom. The van der Waals surface area contributed by atoms with Gasteiger partial charge in [0, 0.05) is 37.1 Å². The second-order valence-corrected chi connectivity index (χ2v) is 8.40. The Hall–Kier alpha value is -3.65. The molecule has 0 radical (unpaired) electrons. The number of anilines is 4. The lowest BCUT2D eigenvalue weighted by Crippen LogP contribution is -2.36. The van der Waals surface area contributed by atoms with Crippen LogP contribution in [0.15, 0.2) is 60.9 Å². The van der Waals surface area contributed by atoms with Crippen LogP contribution in [0, 0.1) is 0 Å². The summed E-state index contributed by atoms with van der Waals surface area (Å²) in [4.78, 5) is 16.2. The van der Waals surface area contributed by atoms with Crippen LogP contribution in [0.3, 0.4) is 0 Å². The van der Waals surface area contributed by atoms with Gasteiger partial charge in [-0.05, 0) is 43.7 Å². The molecule has 33 heavy (non-hydrogen) atoms. The first-order valence-electron chi connectivity index (χ1n) is 11.4. The maximum absolute atomic E-state index is 5.46. The largest absolute Gasteiger partial charge is 0.378 e. The molecule has 8 heteroatoms. The van der Waals surface area contributed by atoms with E-state index in [2.05, 4.69) is 80.3 Å². The van der Waals surface area contributed by atoms with Gasteiger partial charge in [0.2, 0.25) is 5.95 Å². The predicted octanol–water partition coefficient (Wildman–Crippen LogP) is 4.60. The molecule has 1 aliphatic rings. The molecule has 1 fully saturated rings. The highest BCUT2D eigenvalue weighted by atomic mass is 16.5. The SMILES string of the molecule is CC(C)n1c(Nc2ccc(N3CCOCC3)cc2)nc2c(NCc3ccccc3)ncnc21. The fourth-order valence-electron chi connectivity index (χ4n) is 4.10. The molecule has 0 amide bonds. The van der Waals surface area contributed by atoms with Crippen molar-refractivity contribution in [3.05, 3.63) is 66.5 Å². The van der Waals surface area contributed by atoms with Crippen LogP contribution in [0.1, 0.15) is 25.5 Å². The first-order valence-corrected chi connectivity index (χ1v) is 11.4. The minimum absolute atomic E-state index is 0.182. The zero-order valence-electron chi connectivity index (χ0n) is 19.0. The summed E-state index contributed by atoms with van der Waals surface area (Å²) in [6, 6.07) is 18.9. The highest BCUT2D eigenvalue weighted by Gasteiger charge is 2.18. The molecule has 4 aromatic rings. The van der Waals surface area contributed by atoms with Gasteiger partial charge < -0.3 is 20.3 Å². The zero-order valence-corrected chi connectivity index (χ0v) is 19.0. The number of hydrogen-bond acceptors (Lipinski definition) is 7. The summed E-state index contributed by atoms with van der Waals surface area (Å²) in [6.45, 7) is 8.34. The average Bonchev–Trinajstić information content (AvgIpc) is 3.23. The van der Waals surface area contributed by atoms with Gasteiger partial charge in [-0.25, -0.2) is 15.0 Å². The molecule has 0 atom stereocenters. The van der Waals surface area contributed by atoms with Crippen LogP contribution in [0.4, 0.5) is 23.1 Å². The molecule has 3 heterocycles. The lowest BCUT2D eigenvalue weighted by Gasteiger charge is -2.28. The van der Waals surface area contributed by atoms with Gasteiger partial charge in [-0.2, -0.15) is 0 Å². The molecule has 5 rings (SSSR count). The Labute approximate surface area is 193 Å². The molecule has 0 aliphatic carbocycles. The fourth-order valence-corrected chi connectivity index (χ4v) is 4.10. The topological polar surface area (TPSA) is 80.1 Å². The lowest BCUT2D eigenvalue weighted by molar-refractivity contribution is 0.122. The van der Waals surface area contributed by atoms with E-state index < -0.39 is 0 Å². The third kappa shape index (κ3) is 4.61. The molecule has 170 valence electrons. The third-order valence-electron chi connectivity index (χ3n) is 5.80. The maximum Gasteiger partial charge on any atom is 0.210 e. The molecule has 0 unspecified atom stereocenters. The zero-order chi connectivity index (χ0) is 22.6. The van der Waals surface area contributed by atoms with Crippen LogP contribution in [0.25, 0.3) is 11.2 Å². The normalized spacial score (nSPS) is 14.1. The van der Waals surface area contributed by atoms with E-state index in [1.165, 1.54) is 11.3 Å². The van der Waals surface area contributed by atoms with E-state index in [-0.39, 0.29) is 6.04 Å². The summed E-state index contributed by atoms with van der Waals surface area (Å²) in [5, 5.41) is 6.91. The quantitative estimate of drug-likeness (QED) is 0.432. The van der Waals surface area contributed by atoms with Gasteiger partial charge >= 0.3 is 0 Å². The number of rotatable bonds is 7. The van der Waals surface area contributed by atoms with Crippen LogP contribution >= 0.6 is 0 Å². The Bertz CT molecular complexity index is 1200. The number of morpholine rings is 1. The fraction of sp³-hybridized carbons (Fsp3) is 0.320. The number of imidazole rings is 1. The van der Waals surface area contributed by atoms with Crippen molar-refractivity contribution in [3.63, 3.8) is 0 Å². The molecule has 2 aromatic heterocycles. The Kier molecular flexibility index (Phi) is 6.08. The van der Waals surface area contributed by atoms with Crippen molar-refractivity contribution in [2.24, 2.45) is 0 Å². The molecule has 2 N–H and O–H groups in total. The van der Waals surface area contributed by atoms with Gasteiger partial charge in [0.05, 0.1) is 13.2 Å². The smallest absolute Gasteiger partial charge is 0.210 e. The van der Waals surface area contributed by atoms with E-state index in [9.17, 15) is 0 Å². The highest BCUT2D eigenvalue weighted by Crippen LogP contribution is 2.29. The molecule has 1 aliphatic heterocycles. The van der Waals surface area contributed by atoms with Crippen molar-refractivity contribution >= 4 is 34.3 Å². The standard InChI is InChI=1S/C25H29N7O/c1-18(2)32-24-22(23(27-17-28-24)26-16-19-6-4-3-5-7-19)30-25(32)29-20-8-10-21(11-9-20)31-12-14-33-15-13-31/h3-11,17-18H,12-16H2,1-2H3,(H,29,30)(H,26,27,28). The Morgan fingerprint density at radius 2 is 1.73 bits per heavy atom. The van der Waals surface area contributed by atoms with Gasteiger partial charge in [0.15, 0.2) is 17.0 Å². The molecule has 0 spiro atoms. The van der Waals surface area contributed by atoms with Crippen LogP contribution in [0.5, 0.6) is 0 Å². The van der Waals surface area contributed by atoms with Crippen LogP contribution in [-0.4, -0.2) is 45.8 Å². The van der Waals surface area contributed by atoms with E-state index in [1.54, 1.807) is 6.33 Å². The maximum atomic E-state index is 5.46. The van der Waals surface area contributed by atoms with Gasteiger partial charge in [-0.1, -0.05) is 30.3 Å². The van der Waals surface area contributed by atoms with Crippen molar-refractivity contribution in [2.45, 2.75) is 26.4 Å². The number of nitrogens with one attached hydrogen (secondary N) is 2. The summed E-state index contributed by atoms with van der Waals surface area (Å²) in [5.41, 5.74) is 4.94. The van der Waals surface area contributed by atoms with Crippen molar-refractivity contribution in [2.75, 3.05) is 41.8 Å². The summed E-state index contributed by atoms with van der Waals surface area (Å²) < 4.78 is 7.57. The minimum Gasteiger partial charge on any atom is -0.378 e. The number of hydrogen-bond donors (Lipinski definition) is 2. The van der Waals surface area contributed by atoms with E-state index in [0.717, 1.165) is 54.9 Å². The predicted molar refractivity (Wildman–Crippen MR) is 132 cm³/mol. The molecule has 8 nitrogen and oxygen atoms in total. The molecule has 1 saturated heterocycles. The first-order chi connectivity index (χ1) is 16.2. The molecular weight excluding hydrogens is 414 g/mol. The summed E-state index contributed by atoms with van der Waals surface area (Å²) in [7, 11) is 0. The Balaban J connectivity index is 1.41. The van der Waals surface area contributed by atoms with Crippen molar-refractivity contribution in [1.82, 2.24) is 19.5 Å². The summed E-state index contributed by atoms with van der Waals surface area (Å²) >= 11 is 0. The number of benzene rings is 2. The lowest BCUT2D eigenvalue weighted by atomic mass is 10.2. The molecule has 0 saturated carbocycles. The summed E-state index contributed by atoms with van der Waals surface area (Å²) in [5.74, 6) is 1.48. The third-order valence-corrected chi connectivity index (χ3v) is 5.80. The van der Waals surface area contributed by atoms with E-state index >= 15 is 0 Å². The van der Waals surface area contributed by atoms with Crippen LogP contribution in [0.2, 0.25) is 0 Å². The van der Waals surface area contributed by atoms with E-state index in [1.807, 2.05) is 18.2 Å². The number of nitrogens with zero attached hydrogens (tertiary/aromatic N) is 5. The van der Waals surface area contributed by atoms with Crippen molar-refractivity contribution in [3.8, 4) is 0 Å². The monoisotopic (exact) mass is 443 g/mol. The van der Waals surface area contributed by atoms with Gasteiger partial charge in [0.1, 0.15) is 6.33 Å². The number of fused-ring (bicyclic) bond motifs is 1. The highest BCUT2D eigenvalue weighted by molar-refractivity contribution is 5.86. The Morgan fingerprint density at radius 1 is 0.970 bits per heavy atom. The average molecular weight is 444 g/mol. The minimum atomic E-state index is 0.182.